The van der Waals surface area contributed by atoms with E-state index < -0.39 is 16.6 Å². The van der Waals surface area contributed by atoms with Gasteiger partial charge >= 0.3 is 6.09 Å². The van der Waals surface area contributed by atoms with E-state index in [0.717, 1.165) is 6.42 Å². The minimum absolute atomic E-state index is 0.0324. The molecular formula is C20H30N4O6. The van der Waals surface area contributed by atoms with Crippen LogP contribution in [0.3, 0.4) is 0 Å². The van der Waals surface area contributed by atoms with Gasteiger partial charge in [0.15, 0.2) is 0 Å². The van der Waals surface area contributed by atoms with Gasteiger partial charge in [0.05, 0.1) is 17.6 Å². The Balaban J connectivity index is 1.99. The van der Waals surface area contributed by atoms with Gasteiger partial charge in [-0.05, 0) is 39.7 Å². The van der Waals surface area contributed by atoms with Crippen molar-refractivity contribution in [3.63, 3.8) is 0 Å². The maximum atomic E-state index is 12.6. The van der Waals surface area contributed by atoms with Gasteiger partial charge in [0.25, 0.3) is 5.69 Å². The molecule has 2 N–H and O–H groups in total. The number of hydrogen-bond acceptors (Lipinski definition) is 7. The van der Waals surface area contributed by atoms with Crippen molar-refractivity contribution in [2.45, 2.75) is 51.4 Å². The van der Waals surface area contributed by atoms with E-state index >= 15 is 0 Å². The Morgan fingerprint density at radius 1 is 1.30 bits per heavy atom. The van der Waals surface area contributed by atoms with E-state index in [1.54, 1.807) is 40.0 Å². The second-order valence-corrected chi connectivity index (χ2v) is 8.21. The quantitative estimate of drug-likeness (QED) is 0.511. The van der Waals surface area contributed by atoms with Crippen LogP contribution in [0.1, 0.15) is 33.6 Å². The zero-order chi connectivity index (χ0) is 22.3. The summed E-state index contributed by atoms with van der Waals surface area (Å²) in [6.07, 6.45) is 0.903. The van der Waals surface area contributed by atoms with Crippen LogP contribution in [0, 0.1) is 10.1 Å². The fraction of sp³-hybridized carbons (Fsp3) is 0.600. The molecule has 0 bridgehead atoms. The second kappa shape index (κ2) is 10.4. The highest BCUT2D eigenvalue weighted by molar-refractivity contribution is 5.94. The lowest BCUT2D eigenvalue weighted by Gasteiger charge is -2.38. The lowest BCUT2D eigenvalue weighted by atomic mass is 9.99. The topological polar surface area (TPSA) is 123 Å². The Morgan fingerprint density at radius 3 is 2.63 bits per heavy atom. The van der Waals surface area contributed by atoms with Crippen molar-refractivity contribution in [2.24, 2.45) is 0 Å². The molecular weight excluding hydrogens is 392 g/mol. The predicted molar refractivity (Wildman–Crippen MR) is 111 cm³/mol. The van der Waals surface area contributed by atoms with Gasteiger partial charge in [-0.1, -0.05) is 12.1 Å². The molecule has 1 aliphatic heterocycles. The molecule has 2 amide bonds. The van der Waals surface area contributed by atoms with E-state index in [1.165, 1.54) is 12.1 Å². The summed E-state index contributed by atoms with van der Waals surface area (Å²) in [4.78, 5) is 37.1. The van der Waals surface area contributed by atoms with Crippen molar-refractivity contribution in [1.29, 1.82) is 0 Å². The van der Waals surface area contributed by atoms with Crippen LogP contribution < -0.4 is 10.6 Å². The molecule has 0 unspecified atom stereocenters. The molecule has 1 aromatic rings. The van der Waals surface area contributed by atoms with Crippen molar-refractivity contribution in [1.82, 2.24) is 10.2 Å². The van der Waals surface area contributed by atoms with Crippen LogP contribution in [0.4, 0.5) is 16.2 Å². The summed E-state index contributed by atoms with van der Waals surface area (Å²) in [5, 5.41) is 16.5. The molecule has 1 fully saturated rings. The number of carbonyl (C=O) groups is 2. The Kier molecular flexibility index (Phi) is 8.13. The Morgan fingerprint density at radius 2 is 2.00 bits per heavy atom. The molecule has 0 aromatic heterocycles. The number of likely N-dealkylation sites (tertiary alicyclic amines) is 1. The van der Waals surface area contributed by atoms with Gasteiger partial charge in [0.2, 0.25) is 5.91 Å². The minimum Gasteiger partial charge on any atom is -0.444 e. The minimum atomic E-state index is -0.602. The molecule has 1 aromatic carbocycles. The van der Waals surface area contributed by atoms with E-state index in [-0.39, 0.29) is 36.0 Å². The maximum Gasteiger partial charge on any atom is 0.407 e. The fourth-order valence-electron chi connectivity index (χ4n) is 3.33. The van der Waals surface area contributed by atoms with Gasteiger partial charge in [-0.15, -0.1) is 0 Å². The molecule has 10 heteroatoms. The molecule has 0 aliphatic carbocycles. The van der Waals surface area contributed by atoms with E-state index in [0.29, 0.717) is 19.5 Å². The molecule has 2 atom stereocenters. The van der Waals surface area contributed by atoms with Crippen molar-refractivity contribution in [3.8, 4) is 0 Å². The SMILES string of the molecule is CO[C@@H]1CCN(CC(=O)Nc2ccccc2[N+](=O)[O-])[C@H](CNC(=O)OC(C)(C)C)C1. The van der Waals surface area contributed by atoms with Gasteiger partial charge in [-0.25, -0.2) is 4.79 Å². The summed E-state index contributed by atoms with van der Waals surface area (Å²) in [5.74, 6) is -0.359. The number of nitro groups is 1. The zero-order valence-electron chi connectivity index (χ0n) is 17.8. The van der Waals surface area contributed by atoms with Crippen molar-refractivity contribution in [2.75, 3.05) is 32.1 Å². The van der Waals surface area contributed by atoms with Gasteiger partial charge in [-0.3, -0.25) is 19.8 Å². The molecule has 0 spiro atoms. The van der Waals surface area contributed by atoms with Crippen molar-refractivity contribution >= 4 is 23.4 Å². The number of alkyl carbamates (subject to hydrolysis) is 1. The molecule has 1 saturated heterocycles. The number of benzene rings is 1. The Bertz CT molecular complexity index is 764. The summed E-state index contributed by atoms with van der Waals surface area (Å²) in [5.41, 5.74) is -0.606. The van der Waals surface area contributed by atoms with Crippen LogP contribution in [0.15, 0.2) is 24.3 Å². The van der Waals surface area contributed by atoms with Crippen LogP contribution >= 0.6 is 0 Å². The normalized spacial score (nSPS) is 19.7. The third kappa shape index (κ3) is 7.27. The van der Waals surface area contributed by atoms with Gasteiger partial charge in [-0.2, -0.15) is 0 Å². The summed E-state index contributed by atoms with van der Waals surface area (Å²) in [6.45, 7) is 6.30. The number of carbonyl (C=O) groups excluding carboxylic acids is 2. The average Bonchev–Trinajstić information content (AvgIpc) is 2.66. The van der Waals surface area contributed by atoms with E-state index in [1.807, 2.05) is 4.90 Å². The Hall–Kier alpha value is -2.72. The highest BCUT2D eigenvalue weighted by Gasteiger charge is 2.31. The highest BCUT2D eigenvalue weighted by Crippen LogP contribution is 2.24. The molecule has 1 aliphatic rings. The summed E-state index contributed by atoms with van der Waals surface area (Å²) >= 11 is 0. The Labute approximate surface area is 176 Å². The zero-order valence-corrected chi connectivity index (χ0v) is 17.8. The van der Waals surface area contributed by atoms with Crippen LogP contribution in [-0.4, -0.2) is 66.3 Å². The van der Waals surface area contributed by atoms with Crippen molar-refractivity contribution < 1.29 is 24.0 Å². The van der Waals surface area contributed by atoms with Gasteiger partial charge in [0, 0.05) is 32.3 Å². The van der Waals surface area contributed by atoms with Crippen LogP contribution in [0.25, 0.3) is 0 Å². The number of methoxy groups -OCH3 is 1. The first-order valence-corrected chi connectivity index (χ1v) is 9.86. The number of rotatable bonds is 7. The largest absolute Gasteiger partial charge is 0.444 e. The summed E-state index contributed by atoms with van der Waals surface area (Å²) in [7, 11) is 1.64. The average molecular weight is 422 g/mol. The molecule has 0 radical (unpaired) electrons. The molecule has 2 rings (SSSR count). The number of piperidine rings is 1. The number of nitrogens with one attached hydrogen (secondary N) is 2. The first-order chi connectivity index (χ1) is 14.1. The van der Waals surface area contributed by atoms with E-state index in [2.05, 4.69) is 10.6 Å². The van der Waals surface area contributed by atoms with Crippen LogP contribution in [0.5, 0.6) is 0 Å². The molecule has 0 saturated carbocycles. The first-order valence-electron chi connectivity index (χ1n) is 9.86. The third-order valence-corrected chi connectivity index (χ3v) is 4.73. The standard InChI is InChI=1S/C20H30N4O6/c1-20(2,3)30-19(26)21-12-14-11-15(29-4)9-10-23(14)13-18(25)22-16-7-5-6-8-17(16)24(27)28/h5-8,14-15H,9-13H2,1-4H3,(H,21,26)(H,22,25)/t14-,15+/m0/s1. The molecule has 30 heavy (non-hydrogen) atoms. The number of amides is 2. The first kappa shape index (κ1) is 23.6. The number of nitrogens with zero attached hydrogens (tertiary/aromatic N) is 2. The number of ether oxygens (including phenoxy) is 2. The highest BCUT2D eigenvalue weighted by atomic mass is 16.6. The predicted octanol–water partition coefficient (Wildman–Crippen LogP) is 2.54. The van der Waals surface area contributed by atoms with Crippen molar-refractivity contribution in [3.05, 3.63) is 34.4 Å². The van der Waals surface area contributed by atoms with Crippen LogP contribution in [0.2, 0.25) is 0 Å². The lowest BCUT2D eigenvalue weighted by molar-refractivity contribution is -0.383. The van der Waals surface area contributed by atoms with E-state index in [4.69, 9.17) is 9.47 Å². The second-order valence-electron chi connectivity index (χ2n) is 8.21. The van der Waals surface area contributed by atoms with Gasteiger partial charge in [0.1, 0.15) is 11.3 Å². The monoisotopic (exact) mass is 422 g/mol. The number of para-hydroxylation sites is 2. The molecule has 166 valence electrons. The number of nitro benzene ring substituents is 1. The molecule has 10 nitrogen and oxygen atoms in total. The number of hydrogen-bond donors (Lipinski definition) is 2. The summed E-state index contributed by atoms with van der Waals surface area (Å²) < 4.78 is 10.7. The van der Waals surface area contributed by atoms with Gasteiger partial charge < -0.3 is 20.1 Å². The summed E-state index contributed by atoms with van der Waals surface area (Å²) in [6, 6.07) is 5.87. The van der Waals surface area contributed by atoms with Crippen LogP contribution in [-0.2, 0) is 14.3 Å². The lowest BCUT2D eigenvalue weighted by Crippen LogP contribution is -2.52. The smallest absolute Gasteiger partial charge is 0.407 e. The fourth-order valence-corrected chi connectivity index (χ4v) is 3.33. The third-order valence-electron chi connectivity index (χ3n) is 4.73. The molecule has 1 heterocycles. The maximum absolute atomic E-state index is 12.6. The number of anilines is 1. The van der Waals surface area contributed by atoms with E-state index in [9.17, 15) is 19.7 Å².